The van der Waals surface area contributed by atoms with Crippen LogP contribution in [-0.4, -0.2) is 49.8 Å². The van der Waals surface area contributed by atoms with E-state index in [-0.39, 0.29) is 0 Å². The van der Waals surface area contributed by atoms with E-state index in [0.717, 1.165) is 6.54 Å². The number of carbonyl (C=O) groups is 1. The fourth-order valence-corrected chi connectivity index (χ4v) is 1.85. The summed E-state index contributed by atoms with van der Waals surface area (Å²) in [5.74, 6) is 0. The number of likely N-dealkylation sites (N-methyl/N-ethyl adjacent to an activating group) is 1. The summed E-state index contributed by atoms with van der Waals surface area (Å²) >= 11 is 0. The molecule has 1 aliphatic heterocycles. The highest BCUT2D eigenvalue weighted by atomic mass is 16.1. The first-order valence-corrected chi connectivity index (χ1v) is 5.58. The second-order valence-electron chi connectivity index (χ2n) is 4.07. The molecule has 0 aliphatic carbocycles. The Bertz CT molecular complexity index is 281. The van der Waals surface area contributed by atoms with E-state index in [1.165, 1.54) is 31.7 Å². The van der Waals surface area contributed by atoms with Crippen LogP contribution in [0.1, 0.15) is 5.56 Å². The van der Waals surface area contributed by atoms with E-state index < -0.39 is 0 Å². The highest BCUT2D eigenvalue weighted by Gasteiger charge is 2.13. The Balaban J connectivity index is 0.000000606. The molecule has 0 spiro atoms. The maximum Gasteiger partial charge on any atom is 0.106 e. The second kappa shape index (κ2) is 7.14. The molecule has 0 atom stereocenters. The van der Waals surface area contributed by atoms with Gasteiger partial charge in [-0.15, -0.1) is 0 Å². The van der Waals surface area contributed by atoms with Gasteiger partial charge < -0.3 is 9.69 Å². The number of carbonyl (C=O) groups excluding carboxylic acids is 1. The van der Waals surface area contributed by atoms with Crippen molar-refractivity contribution in [2.45, 2.75) is 6.54 Å². The fraction of sp³-hybridized carbons (Fsp3) is 0.462. The van der Waals surface area contributed by atoms with Crippen LogP contribution in [0.15, 0.2) is 30.3 Å². The van der Waals surface area contributed by atoms with Gasteiger partial charge in [0.05, 0.1) is 0 Å². The summed E-state index contributed by atoms with van der Waals surface area (Å²) in [6.07, 6.45) is 0. The third-order valence-corrected chi connectivity index (χ3v) is 2.84. The van der Waals surface area contributed by atoms with Crippen molar-refractivity contribution in [3.63, 3.8) is 0 Å². The van der Waals surface area contributed by atoms with Gasteiger partial charge >= 0.3 is 0 Å². The van der Waals surface area contributed by atoms with Crippen LogP contribution in [0.5, 0.6) is 0 Å². The van der Waals surface area contributed by atoms with Gasteiger partial charge in [0, 0.05) is 32.7 Å². The Morgan fingerprint density at radius 3 is 2.19 bits per heavy atom. The summed E-state index contributed by atoms with van der Waals surface area (Å²) in [6, 6.07) is 10.7. The lowest BCUT2D eigenvalue weighted by Crippen LogP contribution is -2.43. The van der Waals surface area contributed by atoms with Gasteiger partial charge in [-0.2, -0.15) is 0 Å². The lowest BCUT2D eigenvalue weighted by Gasteiger charge is -2.32. The lowest BCUT2D eigenvalue weighted by atomic mass is 10.2. The Hall–Kier alpha value is -1.19. The predicted octanol–water partition coefficient (Wildman–Crippen LogP) is 1.25. The highest BCUT2D eigenvalue weighted by Crippen LogP contribution is 2.06. The minimum absolute atomic E-state index is 1.11. The molecule has 0 amide bonds. The Kier molecular flexibility index (Phi) is 5.75. The van der Waals surface area contributed by atoms with E-state index in [2.05, 4.69) is 47.2 Å². The third kappa shape index (κ3) is 4.13. The van der Waals surface area contributed by atoms with Crippen LogP contribution in [-0.2, 0) is 11.3 Å². The first kappa shape index (κ1) is 12.9. The van der Waals surface area contributed by atoms with E-state index in [0.29, 0.717) is 0 Å². The van der Waals surface area contributed by atoms with E-state index in [1.807, 2.05) is 6.79 Å². The first-order chi connectivity index (χ1) is 7.84. The molecule has 1 aromatic carbocycles. The summed E-state index contributed by atoms with van der Waals surface area (Å²) in [7, 11) is 2.19. The SMILES string of the molecule is C=O.CN1CCN(Cc2ccccc2)CC1. The Morgan fingerprint density at radius 2 is 1.62 bits per heavy atom. The summed E-state index contributed by atoms with van der Waals surface area (Å²) in [5, 5.41) is 0. The van der Waals surface area contributed by atoms with Crippen molar-refractivity contribution in [2.24, 2.45) is 0 Å². The van der Waals surface area contributed by atoms with E-state index in [4.69, 9.17) is 4.79 Å². The van der Waals surface area contributed by atoms with E-state index in [1.54, 1.807) is 0 Å². The van der Waals surface area contributed by atoms with Crippen molar-refractivity contribution in [3.8, 4) is 0 Å². The number of hydrogen-bond acceptors (Lipinski definition) is 3. The predicted molar refractivity (Wildman–Crippen MR) is 66.3 cm³/mol. The molecule has 0 N–H and O–H groups in total. The van der Waals surface area contributed by atoms with Crippen molar-refractivity contribution in [1.82, 2.24) is 9.80 Å². The standard InChI is InChI=1S/C12H18N2.CH2O/c1-13-7-9-14(10-8-13)11-12-5-3-2-4-6-12;1-2/h2-6H,7-11H2,1H3;1H2. The molecule has 1 fully saturated rings. The summed E-state index contributed by atoms with van der Waals surface area (Å²) in [6.45, 7) is 7.91. The number of piperazine rings is 1. The van der Waals surface area contributed by atoms with Crippen molar-refractivity contribution in [3.05, 3.63) is 35.9 Å². The number of benzene rings is 1. The molecule has 0 saturated carbocycles. The molecule has 3 nitrogen and oxygen atoms in total. The second-order valence-corrected chi connectivity index (χ2v) is 4.07. The number of rotatable bonds is 2. The molecule has 0 aromatic heterocycles. The maximum absolute atomic E-state index is 8.00. The van der Waals surface area contributed by atoms with Gasteiger partial charge in [-0.25, -0.2) is 0 Å². The number of hydrogen-bond donors (Lipinski definition) is 0. The molecular formula is C13H20N2O. The minimum Gasteiger partial charge on any atom is -0.307 e. The average Bonchev–Trinajstić information content (AvgIpc) is 2.36. The van der Waals surface area contributed by atoms with Gasteiger partial charge in [-0.05, 0) is 12.6 Å². The van der Waals surface area contributed by atoms with Crippen molar-refractivity contribution >= 4 is 6.79 Å². The molecule has 3 heteroatoms. The summed E-state index contributed by atoms with van der Waals surface area (Å²) in [4.78, 5) is 12.9. The van der Waals surface area contributed by atoms with Gasteiger partial charge in [0.15, 0.2) is 0 Å². The van der Waals surface area contributed by atoms with Crippen LogP contribution in [0.2, 0.25) is 0 Å². The molecule has 88 valence electrons. The van der Waals surface area contributed by atoms with Gasteiger partial charge in [-0.1, -0.05) is 30.3 Å². The summed E-state index contributed by atoms with van der Waals surface area (Å²) < 4.78 is 0. The lowest BCUT2D eigenvalue weighted by molar-refractivity contribution is -0.0979. The van der Waals surface area contributed by atoms with Gasteiger partial charge in [-0.3, -0.25) is 4.90 Å². The Morgan fingerprint density at radius 1 is 1.06 bits per heavy atom. The van der Waals surface area contributed by atoms with Crippen LogP contribution in [0, 0.1) is 0 Å². The zero-order valence-electron chi connectivity index (χ0n) is 9.93. The van der Waals surface area contributed by atoms with Crippen LogP contribution in [0.3, 0.4) is 0 Å². The zero-order chi connectivity index (χ0) is 11.8. The van der Waals surface area contributed by atoms with Crippen LogP contribution >= 0.6 is 0 Å². The molecule has 1 heterocycles. The van der Waals surface area contributed by atoms with Gasteiger partial charge in [0.1, 0.15) is 6.79 Å². The van der Waals surface area contributed by atoms with Gasteiger partial charge in [0.2, 0.25) is 0 Å². The molecule has 0 unspecified atom stereocenters. The van der Waals surface area contributed by atoms with E-state index >= 15 is 0 Å². The minimum atomic E-state index is 1.11. The highest BCUT2D eigenvalue weighted by molar-refractivity contribution is 5.14. The van der Waals surface area contributed by atoms with Crippen molar-refractivity contribution < 1.29 is 4.79 Å². The van der Waals surface area contributed by atoms with Gasteiger partial charge in [0.25, 0.3) is 0 Å². The number of nitrogens with zero attached hydrogens (tertiary/aromatic N) is 2. The largest absolute Gasteiger partial charge is 0.307 e. The van der Waals surface area contributed by atoms with Crippen molar-refractivity contribution in [1.29, 1.82) is 0 Å². The molecular weight excluding hydrogens is 200 g/mol. The quantitative estimate of drug-likeness (QED) is 0.749. The molecule has 1 aromatic rings. The molecule has 1 aliphatic rings. The molecule has 0 radical (unpaired) electrons. The van der Waals surface area contributed by atoms with E-state index in [9.17, 15) is 0 Å². The fourth-order valence-electron chi connectivity index (χ4n) is 1.85. The average molecular weight is 220 g/mol. The van der Waals surface area contributed by atoms with Crippen LogP contribution in [0.25, 0.3) is 0 Å². The van der Waals surface area contributed by atoms with Crippen molar-refractivity contribution in [2.75, 3.05) is 33.2 Å². The smallest absolute Gasteiger partial charge is 0.106 e. The Labute approximate surface area is 97.7 Å². The third-order valence-electron chi connectivity index (χ3n) is 2.84. The van der Waals surface area contributed by atoms with Crippen LogP contribution < -0.4 is 0 Å². The maximum atomic E-state index is 8.00. The monoisotopic (exact) mass is 220 g/mol. The molecule has 16 heavy (non-hydrogen) atoms. The summed E-state index contributed by atoms with van der Waals surface area (Å²) in [5.41, 5.74) is 1.43. The first-order valence-electron chi connectivity index (χ1n) is 5.58. The zero-order valence-corrected chi connectivity index (χ0v) is 9.93. The topological polar surface area (TPSA) is 23.6 Å². The van der Waals surface area contributed by atoms with Crippen LogP contribution in [0.4, 0.5) is 0 Å². The molecule has 2 rings (SSSR count). The normalized spacial score (nSPS) is 17.6. The molecule has 0 bridgehead atoms. The molecule has 1 saturated heterocycles.